The molecule has 2 atom stereocenters. The molecule has 1 aliphatic rings. The number of ether oxygens (including phenoxy) is 2. The number of halogens is 3. The summed E-state index contributed by atoms with van der Waals surface area (Å²) in [5.74, 6) is -1.28. The number of likely N-dealkylation sites (tertiary alicyclic amines) is 1. The van der Waals surface area contributed by atoms with E-state index in [9.17, 15) is 27.6 Å². The number of amides is 1. The van der Waals surface area contributed by atoms with Crippen molar-refractivity contribution in [3.63, 3.8) is 0 Å². The number of hydrogen-bond donors (Lipinski definition) is 0. The SMILES string of the molecule is CCOC(=O)CC(=O)C1CCN(C(=O)OC)C(Cc2ccc(C(F)(F)F)cc2)C1. The van der Waals surface area contributed by atoms with Crippen molar-refractivity contribution in [2.24, 2.45) is 5.92 Å². The summed E-state index contributed by atoms with van der Waals surface area (Å²) in [7, 11) is 1.25. The quantitative estimate of drug-likeness (QED) is 0.524. The van der Waals surface area contributed by atoms with Crippen molar-refractivity contribution in [3.05, 3.63) is 35.4 Å². The van der Waals surface area contributed by atoms with Crippen LogP contribution in [0.5, 0.6) is 0 Å². The highest BCUT2D eigenvalue weighted by atomic mass is 19.4. The van der Waals surface area contributed by atoms with E-state index in [0.717, 1.165) is 12.1 Å². The molecule has 1 heterocycles. The molecular formula is C20H24F3NO5. The van der Waals surface area contributed by atoms with E-state index in [1.807, 2.05) is 0 Å². The number of esters is 1. The molecule has 29 heavy (non-hydrogen) atoms. The number of alkyl halides is 3. The molecule has 0 spiro atoms. The Morgan fingerprint density at radius 3 is 2.38 bits per heavy atom. The van der Waals surface area contributed by atoms with Crippen molar-refractivity contribution in [2.45, 2.75) is 44.8 Å². The first-order valence-electron chi connectivity index (χ1n) is 9.34. The lowest BCUT2D eigenvalue weighted by molar-refractivity contribution is -0.146. The van der Waals surface area contributed by atoms with Gasteiger partial charge in [0, 0.05) is 18.5 Å². The molecule has 6 nitrogen and oxygen atoms in total. The van der Waals surface area contributed by atoms with Crippen LogP contribution in [0.15, 0.2) is 24.3 Å². The van der Waals surface area contributed by atoms with Gasteiger partial charge in [0.15, 0.2) is 0 Å². The Kier molecular flexibility index (Phi) is 7.64. The number of carbonyl (C=O) groups is 3. The molecular weight excluding hydrogens is 391 g/mol. The van der Waals surface area contributed by atoms with Crippen LogP contribution in [-0.2, 0) is 31.7 Å². The van der Waals surface area contributed by atoms with Crippen molar-refractivity contribution >= 4 is 17.8 Å². The lowest BCUT2D eigenvalue weighted by Crippen LogP contribution is -2.48. The number of hydrogen-bond acceptors (Lipinski definition) is 5. The molecule has 9 heteroatoms. The van der Waals surface area contributed by atoms with Gasteiger partial charge in [-0.2, -0.15) is 13.2 Å². The van der Waals surface area contributed by atoms with Gasteiger partial charge in [-0.3, -0.25) is 9.59 Å². The monoisotopic (exact) mass is 415 g/mol. The molecule has 1 fully saturated rings. The maximum atomic E-state index is 12.7. The second-order valence-electron chi connectivity index (χ2n) is 6.89. The number of Topliss-reactive ketones (excluding diaryl/α,β-unsaturated/α-hetero) is 1. The molecule has 1 amide bonds. The van der Waals surface area contributed by atoms with E-state index in [1.165, 1.54) is 24.1 Å². The molecule has 2 unspecified atom stereocenters. The van der Waals surface area contributed by atoms with Gasteiger partial charge in [0.25, 0.3) is 0 Å². The second-order valence-corrected chi connectivity index (χ2v) is 6.89. The number of piperidine rings is 1. The molecule has 1 aliphatic heterocycles. The van der Waals surface area contributed by atoms with Crippen LogP contribution in [0, 0.1) is 5.92 Å². The van der Waals surface area contributed by atoms with E-state index in [2.05, 4.69) is 0 Å². The van der Waals surface area contributed by atoms with Crippen LogP contribution < -0.4 is 0 Å². The average molecular weight is 415 g/mol. The smallest absolute Gasteiger partial charge is 0.416 e. The van der Waals surface area contributed by atoms with Gasteiger partial charge < -0.3 is 14.4 Å². The predicted molar refractivity (Wildman–Crippen MR) is 97.0 cm³/mol. The molecule has 1 saturated heterocycles. The van der Waals surface area contributed by atoms with Crippen LogP contribution in [-0.4, -0.2) is 49.0 Å². The highest BCUT2D eigenvalue weighted by molar-refractivity contribution is 5.96. The Labute approximate surface area is 167 Å². The van der Waals surface area contributed by atoms with Gasteiger partial charge in [0.1, 0.15) is 12.2 Å². The van der Waals surface area contributed by atoms with Gasteiger partial charge in [-0.1, -0.05) is 12.1 Å². The number of methoxy groups -OCH3 is 1. The van der Waals surface area contributed by atoms with Crippen LogP contribution in [0.3, 0.4) is 0 Å². The van der Waals surface area contributed by atoms with E-state index in [1.54, 1.807) is 6.92 Å². The van der Waals surface area contributed by atoms with Crippen LogP contribution >= 0.6 is 0 Å². The van der Waals surface area contributed by atoms with Gasteiger partial charge in [-0.15, -0.1) is 0 Å². The van der Waals surface area contributed by atoms with Gasteiger partial charge >= 0.3 is 18.2 Å². The Balaban J connectivity index is 2.12. The van der Waals surface area contributed by atoms with Crippen molar-refractivity contribution in [1.82, 2.24) is 4.90 Å². The lowest BCUT2D eigenvalue weighted by Gasteiger charge is -2.38. The first kappa shape index (κ1) is 22.7. The summed E-state index contributed by atoms with van der Waals surface area (Å²) in [6.07, 6.45) is -4.35. The number of carbonyl (C=O) groups excluding carboxylic acids is 3. The van der Waals surface area contributed by atoms with Crippen molar-refractivity contribution < 1.29 is 37.0 Å². The van der Waals surface area contributed by atoms with E-state index < -0.39 is 35.8 Å². The van der Waals surface area contributed by atoms with Crippen molar-refractivity contribution in [3.8, 4) is 0 Å². The summed E-state index contributed by atoms with van der Waals surface area (Å²) in [4.78, 5) is 37.6. The fourth-order valence-corrected chi connectivity index (χ4v) is 3.50. The van der Waals surface area contributed by atoms with Crippen molar-refractivity contribution in [1.29, 1.82) is 0 Å². The Bertz CT molecular complexity index is 733. The van der Waals surface area contributed by atoms with E-state index >= 15 is 0 Å². The molecule has 0 N–H and O–H groups in total. The first-order valence-corrected chi connectivity index (χ1v) is 9.34. The summed E-state index contributed by atoms with van der Waals surface area (Å²) in [6.45, 7) is 2.10. The van der Waals surface area contributed by atoms with Gasteiger partial charge in [0.2, 0.25) is 0 Å². The molecule has 0 aliphatic carbocycles. The van der Waals surface area contributed by atoms with E-state index in [-0.39, 0.29) is 31.8 Å². The van der Waals surface area contributed by atoms with Gasteiger partial charge in [-0.05, 0) is 43.9 Å². The zero-order valence-electron chi connectivity index (χ0n) is 16.3. The highest BCUT2D eigenvalue weighted by Crippen LogP contribution is 2.31. The largest absolute Gasteiger partial charge is 0.466 e. The maximum absolute atomic E-state index is 12.7. The molecule has 2 rings (SSSR count). The van der Waals surface area contributed by atoms with Crippen LogP contribution in [0.2, 0.25) is 0 Å². The zero-order chi connectivity index (χ0) is 21.6. The zero-order valence-corrected chi connectivity index (χ0v) is 16.3. The predicted octanol–water partition coefficient (Wildman–Crippen LogP) is 3.62. The standard InChI is InChI=1S/C20H24F3NO5/c1-3-29-18(26)12-17(25)14-8-9-24(19(27)28-2)16(11-14)10-13-4-6-15(7-5-13)20(21,22)23/h4-7,14,16H,3,8-12H2,1-2H3. The van der Waals surface area contributed by atoms with Crippen LogP contribution in [0.4, 0.5) is 18.0 Å². The Morgan fingerprint density at radius 2 is 1.83 bits per heavy atom. The van der Waals surface area contributed by atoms with E-state index in [4.69, 9.17) is 9.47 Å². The lowest BCUT2D eigenvalue weighted by atomic mass is 9.84. The van der Waals surface area contributed by atoms with Crippen LogP contribution in [0.1, 0.15) is 37.3 Å². The molecule has 0 aromatic heterocycles. The normalized spacial score (nSPS) is 19.6. The topological polar surface area (TPSA) is 72.9 Å². The van der Waals surface area contributed by atoms with Crippen LogP contribution in [0.25, 0.3) is 0 Å². The van der Waals surface area contributed by atoms with Crippen molar-refractivity contribution in [2.75, 3.05) is 20.3 Å². The number of rotatable bonds is 6. The highest BCUT2D eigenvalue weighted by Gasteiger charge is 2.36. The summed E-state index contributed by atoms with van der Waals surface area (Å²) in [5, 5.41) is 0. The molecule has 1 aromatic carbocycles. The summed E-state index contributed by atoms with van der Waals surface area (Å²) >= 11 is 0. The molecule has 0 radical (unpaired) electrons. The Hall–Kier alpha value is -2.58. The fourth-order valence-electron chi connectivity index (χ4n) is 3.50. The maximum Gasteiger partial charge on any atom is 0.416 e. The molecule has 0 bridgehead atoms. The third-order valence-electron chi connectivity index (χ3n) is 4.96. The number of ketones is 1. The minimum atomic E-state index is -4.42. The van der Waals surface area contributed by atoms with Gasteiger partial charge in [-0.25, -0.2) is 4.79 Å². The molecule has 160 valence electrons. The summed E-state index contributed by atoms with van der Waals surface area (Å²) < 4.78 is 47.8. The summed E-state index contributed by atoms with van der Waals surface area (Å²) in [5.41, 5.74) is -0.146. The minimum absolute atomic E-state index is 0.184. The number of benzene rings is 1. The Morgan fingerprint density at radius 1 is 1.17 bits per heavy atom. The van der Waals surface area contributed by atoms with E-state index in [0.29, 0.717) is 18.4 Å². The second kappa shape index (κ2) is 9.76. The number of nitrogens with zero attached hydrogens (tertiary/aromatic N) is 1. The third-order valence-corrected chi connectivity index (χ3v) is 4.96. The fraction of sp³-hybridized carbons (Fsp3) is 0.550. The van der Waals surface area contributed by atoms with Gasteiger partial charge in [0.05, 0.1) is 19.3 Å². The molecule has 1 aromatic rings. The average Bonchev–Trinajstić information content (AvgIpc) is 2.67. The minimum Gasteiger partial charge on any atom is -0.466 e. The first-order chi connectivity index (χ1) is 13.7. The summed E-state index contributed by atoms with van der Waals surface area (Å²) in [6, 6.07) is 4.28. The third kappa shape index (κ3) is 6.20. The molecule has 0 saturated carbocycles.